The number of aliphatic hydroxyl groups is 2. The number of rotatable bonds is 8. The molecule has 0 aliphatic heterocycles. The van der Waals surface area contributed by atoms with E-state index in [4.69, 9.17) is 10.2 Å². The van der Waals surface area contributed by atoms with Gasteiger partial charge in [-0.3, -0.25) is 18.7 Å². The lowest BCUT2D eigenvalue weighted by Crippen LogP contribution is -2.27. The first kappa shape index (κ1) is 23.7. The van der Waals surface area contributed by atoms with Crippen LogP contribution in [0.3, 0.4) is 0 Å². The van der Waals surface area contributed by atoms with Crippen LogP contribution in [-0.2, 0) is 19.5 Å². The third-order valence-corrected chi connectivity index (χ3v) is 5.28. The molecule has 2 heterocycles. The van der Waals surface area contributed by atoms with Crippen LogP contribution in [0, 0.1) is 36.5 Å². The normalized spacial score (nSPS) is 10.6. The molecule has 31 heavy (non-hydrogen) atoms. The van der Waals surface area contributed by atoms with E-state index in [1.165, 1.54) is 13.8 Å². The first-order chi connectivity index (χ1) is 14.7. The summed E-state index contributed by atoms with van der Waals surface area (Å²) in [4.78, 5) is 25.1. The highest BCUT2D eigenvalue weighted by atomic mass is 16.3. The first-order valence-corrected chi connectivity index (χ1v) is 9.67. The van der Waals surface area contributed by atoms with Crippen molar-refractivity contribution in [2.24, 2.45) is 0 Å². The highest BCUT2D eigenvalue weighted by Gasteiger charge is 2.24. The number of hydrogen-bond donors (Lipinski definition) is 4. The Hall–Kier alpha value is -3.60. The van der Waals surface area contributed by atoms with Gasteiger partial charge in [-0.25, -0.2) is 0 Å². The van der Waals surface area contributed by atoms with Crippen molar-refractivity contribution in [1.29, 1.82) is 10.5 Å². The lowest BCUT2D eigenvalue weighted by molar-refractivity contribution is 0.274. The van der Waals surface area contributed by atoms with Crippen molar-refractivity contribution in [3.05, 3.63) is 54.1 Å². The summed E-state index contributed by atoms with van der Waals surface area (Å²) in [6.45, 7) is 2.49. The van der Waals surface area contributed by atoms with Crippen molar-refractivity contribution in [2.45, 2.75) is 46.2 Å². The fourth-order valence-electron chi connectivity index (χ4n) is 3.48. The first-order valence-electron chi connectivity index (χ1n) is 9.67. The van der Waals surface area contributed by atoms with Crippen LogP contribution >= 0.6 is 0 Å². The second kappa shape index (κ2) is 9.94. The minimum absolute atomic E-state index is 0.0203. The molecule has 2 aromatic rings. The molecule has 0 fully saturated rings. The average Bonchev–Trinajstić information content (AvgIpc) is 2.74. The van der Waals surface area contributed by atoms with E-state index in [1.807, 2.05) is 12.1 Å². The van der Waals surface area contributed by atoms with Gasteiger partial charge in [-0.2, -0.15) is 10.5 Å². The van der Waals surface area contributed by atoms with Crippen molar-refractivity contribution in [2.75, 3.05) is 13.2 Å². The molecular formula is C21H24N4O6. The maximum atomic E-state index is 12.5. The van der Waals surface area contributed by atoms with Gasteiger partial charge in [-0.15, -0.1) is 0 Å². The standard InChI is InChI=1S/C21H24N4O6/c1-12-14(18(28)24(5-3-7-26)20(30)16(12)10-22)9-15-13(2)17(11-23)21(31)25(19(15)29)6-4-8-27/h26-29H,3-9H2,1-2H3. The summed E-state index contributed by atoms with van der Waals surface area (Å²) in [5.74, 6) is -0.833. The summed E-state index contributed by atoms with van der Waals surface area (Å²) in [6, 6.07) is 3.66. The maximum Gasteiger partial charge on any atom is 0.271 e. The van der Waals surface area contributed by atoms with E-state index in [0.29, 0.717) is 0 Å². The lowest BCUT2D eigenvalue weighted by atomic mass is 9.94. The van der Waals surface area contributed by atoms with E-state index < -0.39 is 22.9 Å². The maximum absolute atomic E-state index is 12.5. The van der Waals surface area contributed by atoms with Gasteiger partial charge in [-0.1, -0.05) is 0 Å². The Morgan fingerprint density at radius 3 is 1.42 bits per heavy atom. The summed E-state index contributed by atoms with van der Waals surface area (Å²) in [5, 5.41) is 58.6. The summed E-state index contributed by atoms with van der Waals surface area (Å²) < 4.78 is 1.97. The number of aromatic nitrogens is 2. The van der Waals surface area contributed by atoms with E-state index >= 15 is 0 Å². The summed E-state index contributed by atoms with van der Waals surface area (Å²) in [7, 11) is 0. The molecule has 0 spiro atoms. The zero-order valence-corrected chi connectivity index (χ0v) is 17.3. The van der Waals surface area contributed by atoms with Crippen LogP contribution in [0.15, 0.2) is 9.59 Å². The number of pyridine rings is 2. The third-order valence-electron chi connectivity index (χ3n) is 5.28. The molecule has 0 aliphatic rings. The highest BCUT2D eigenvalue weighted by Crippen LogP contribution is 2.30. The number of aliphatic hydroxyl groups excluding tert-OH is 2. The molecule has 0 aliphatic carbocycles. The van der Waals surface area contributed by atoms with Crippen molar-refractivity contribution >= 4 is 0 Å². The van der Waals surface area contributed by atoms with Gasteiger partial charge >= 0.3 is 0 Å². The second-order valence-electron chi connectivity index (χ2n) is 7.07. The number of nitriles is 2. The fraction of sp³-hybridized carbons (Fsp3) is 0.429. The number of aromatic hydroxyl groups is 2. The zero-order valence-electron chi connectivity index (χ0n) is 17.3. The fourth-order valence-corrected chi connectivity index (χ4v) is 3.48. The predicted molar refractivity (Wildman–Crippen MR) is 110 cm³/mol. The predicted octanol–water partition coefficient (Wildman–Crippen LogP) is 0.137. The Morgan fingerprint density at radius 2 is 1.13 bits per heavy atom. The van der Waals surface area contributed by atoms with Crippen molar-refractivity contribution in [1.82, 2.24) is 9.13 Å². The lowest BCUT2D eigenvalue weighted by Gasteiger charge is -2.19. The van der Waals surface area contributed by atoms with Gasteiger partial charge in [0.15, 0.2) is 11.8 Å². The van der Waals surface area contributed by atoms with E-state index in [1.54, 1.807) is 0 Å². The van der Waals surface area contributed by atoms with Crippen LogP contribution < -0.4 is 11.1 Å². The zero-order chi connectivity index (χ0) is 23.3. The van der Waals surface area contributed by atoms with Gasteiger partial charge in [0.25, 0.3) is 11.1 Å². The quantitative estimate of drug-likeness (QED) is 0.459. The Morgan fingerprint density at radius 1 is 0.774 bits per heavy atom. The van der Waals surface area contributed by atoms with Crippen LogP contribution in [0.5, 0.6) is 11.8 Å². The molecule has 0 saturated carbocycles. The van der Waals surface area contributed by atoms with Gasteiger partial charge in [0.05, 0.1) is 0 Å². The van der Waals surface area contributed by atoms with Gasteiger partial charge in [0.2, 0.25) is 0 Å². The van der Waals surface area contributed by atoms with Crippen LogP contribution in [0.25, 0.3) is 0 Å². The topological polar surface area (TPSA) is 172 Å². The molecule has 10 nitrogen and oxygen atoms in total. The molecule has 0 amide bonds. The third kappa shape index (κ3) is 4.31. The van der Waals surface area contributed by atoms with Crippen LogP contribution in [0.4, 0.5) is 0 Å². The van der Waals surface area contributed by atoms with E-state index in [9.17, 15) is 30.3 Å². The largest absolute Gasteiger partial charge is 0.494 e. The molecule has 2 aromatic heterocycles. The highest BCUT2D eigenvalue weighted by molar-refractivity contribution is 5.52. The smallest absolute Gasteiger partial charge is 0.271 e. The van der Waals surface area contributed by atoms with Crippen molar-refractivity contribution in [3.8, 4) is 23.9 Å². The molecule has 10 heteroatoms. The van der Waals surface area contributed by atoms with Crippen molar-refractivity contribution in [3.63, 3.8) is 0 Å². The molecule has 2 rings (SSSR count). The molecule has 0 bridgehead atoms. The van der Waals surface area contributed by atoms with Gasteiger partial charge < -0.3 is 20.4 Å². The van der Waals surface area contributed by atoms with E-state index in [-0.39, 0.29) is 78.9 Å². The monoisotopic (exact) mass is 428 g/mol. The molecule has 0 radical (unpaired) electrons. The minimum Gasteiger partial charge on any atom is -0.494 e. The molecule has 164 valence electrons. The molecule has 0 atom stereocenters. The Kier molecular flexibility index (Phi) is 7.59. The number of hydrogen-bond acceptors (Lipinski definition) is 8. The second-order valence-corrected chi connectivity index (χ2v) is 7.07. The number of nitrogens with zero attached hydrogens (tertiary/aromatic N) is 4. The molecule has 0 saturated heterocycles. The Labute approximate surface area is 178 Å². The van der Waals surface area contributed by atoms with E-state index in [0.717, 1.165) is 9.13 Å². The molecular weight excluding hydrogens is 404 g/mol. The summed E-state index contributed by atoms with van der Waals surface area (Å²) >= 11 is 0. The molecule has 0 aromatic carbocycles. The van der Waals surface area contributed by atoms with Gasteiger partial charge in [0, 0.05) is 43.9 Å². The van der Waals surface area contributed by atoms with Crippen LogP contribution in [0.2, 0.25) is 0 Å². The Balaban J connectivity index is 2.79. The average molecular weight is 428 g/mol. The SMILES string of the molecule is Cc1c(Cc2c(C)c(C#N)c(=O)n(CCCO)c2O)c(O)n(CCCO)c(=O)c1C#N. The van der Waals surface area contributed by atoms with Crippen LogP contribution in [0.1, 0.15) is 46.2 Å². The molecule has 4 N–H and O–H groups in total. The summed E-state index contributed by atoms with van der Waals surface area (Å²) in [5.41, 5.74) is -0.949. The van der Waals surface area contributed by atoms with Gasteiger partial charge in [-0.05, 0) is 37.8 Å². The minimum atomic E-state index is -0.693. The Bertz CT molecular complexity index is 1100. The van der Waals surface area contributed by atoms with Crippen LogP contribution in [-0.4, -0.2) is 42.8 Å². The summed E-state index contributed by atoms with van der Waals surface area (Å²) in [6.07, 6.45) is 0.197. The van der Waals surface area contributed by atoms with Crippen molar-refractivity contribution < 1.29 is 20.4 Å². The van der Waals surface area contributed by atoms with E-state index in [2.05, 4.69) is 0 Å². The molecule has 0 unspecified atom stereocenters. The van der Waals surface area contributed by atoms with Gasteiger partial charge in [0.1, 0.15) is 23.3 Å².